The van der Waals surface area contributed by atoms with E-state index in [9.17, 15) is 13.2 Å². The lowest BCUT2D eigenvalue weighted by Gasteiger charge is -2.20. The standard InChI is InChI=1S/C19H22Cl2N2O4S/c1-4-23(5-2)28(25,26)14-8-10-18(27-6-3)17(12-14)22-19(24)13-7-9-15(20)16(21)11-13/h7-12H,4-6H2,1-3H3,(H,22,24). The number of anilines is 1. The van der Waals surface area contributed by atoms with Crippen LogP contribution in [0.3, 0.4) is 0 Å². The Morgan fingerprint density at radius 3 is 2.29 bits per heavy atom. The third-order valence-corrected chi connectivity index (χ3v) is 6.81. The molecule has 0 spiro atoms. The topological polar surface area (TPSA) is 75.7 Å². The second-order valence-corrected chi connectivity index (χ2v) is 8.52. The van der Waals surface area contributed by atoms with Gasteiger partial charge >= 0.3 is 0 Å². The molecule has 2 aromatic rings. The summed E-state index contributed by atoms with van der Waals surface area (Å²) >= 11 is 11.9. The van der Waals surface area contributed by atoms with E-state index in [1.54, 1.807) is 20.8 Å². The minimum absolute atomic E-state index is 0.0732. The molecule has 0 saturated carbocycles. The minimum atomic E-state index is -3.68. The van der Waals surface area contributed by atoms with Crippen LogP contribution in [-0.2, 0) is 10.0 Å². The fourth-order valence-corrected chi connectivity index (χ4v) is 4.38. The summed E-state index contributed by atoms with van der Waals surface area (Å²) in [6, 6.07) is 8.88. The van der Waals surface area contributed by atoms with Gasteiger partial charge in [-0.2, -0.15) is 4.31 Å². The lowest BCUT2D eigenvalue weighted by Crippen LogP contribution is -2.30. The van der Waals surface area contributed by atoms with E-state index in [-0.39, 0.29) is 21.2 Å². The number of nitrogens with zero attached hydrogens (tertiary/aromatic N) is 1. The van der Waals surface area contributed by atoms with Gasteiger partial charge in [0.25, 0.3) is 5.91 Å². The van der Waals surface area contributed by atoms with Crippen molar-refractivity contribution in [1.29, 1.82) is 0 Å². The second-order valence-electron chi connectivity index (χ2n) is 5.76. The van der Waals surface area contributed by atoms with Gasteiger partial charge in [0.2, 0.25) is 10.0 Å². The van der Waals surface area contributed by atoms with Crippen LogP contribution < -0.4 is 10.1 Å². The van der Waals surface area contributed by atoms with E-state index in [0.29, 0.717) is 30.5 Å². The van der Waals surface area contributed by atoms with Gasteiger partial charge < -0.3 is 10.1 Å². The predicted octanol–water partition coefficient (Wildman–Crippen LogP) is 4.67. The molecule has 0 aromatic heterocycles. The summed E-state index contributed by atoms with van der Waals surface area (Å²) in [5.41, 5.74) is 0.542. The highest BCUT2D eigenvalue weighted by molar-refractivity contribution is 7.89. The molecule has 0 heterocycles. The van der Waals surface area contributed by atoms with Crippen LogP contribution >= 0.6 is 23.2 Å². The van der Waals surface area contributed by atoms with E-state index in [4.69, 9.17) is 27.9 Å². The molecule has 0 saturated heterocycles. The molecule has 0 bridgehead atoms. The number of ether oxygens (including phenoxy) is 1. The Labute approximate surface area is 175 Å². The summed E-state index contributed by atoms with van der Waals surface area (Å²) in [6.45, 7) is 6.38. The normalized spacial score (nSPS) is 11.5. The fraction of sp³-hybridized carbons (Fsp3) is 0.316. The molecule has 9 heteroatoms. The molecular formula is C19H22Cl2N2O4S. The number of halogens is 2. The van der Waals surface area contributed by atoms with Crippen molar-refractivity contribution in [3.8, 4) is 5.75 Å². The van der Waals surface area contributed by atoms with E-state index in [1.165, 1.54) is 40.7 Å². The van der Waals surface area contributed by atoms with Crippen LogP contribution in [0.5, 0.6) is 5.75 Å². The number of carbonyl (C=O) groups excluding carboxylic acids is 1. The van der Waals surface area contributed by atoms with Crippen LogP contribution in [0.2, 0.25) is 10.0 Å². The average molecular weight is 445 g/mol. The summed E-state index contributed by atoms with van der Waals surface area (Å²) in [5.74, 6) is -0.0914. The zero-order valence-corrected chi connectivity index (χ0v) is 18.2. The number of hydrogen-bond donors (Lipinski definition) is 1. The molecule has 0 unspecified atom stereocenters. The molecule has 6 nitrogen and oxygen atoms in total. The molecule has 0 aliphatic heterocycles. The first-order valence-electron chi connectivity index (χ1n) is 8.77. The molecule has 1 N–H and O–H groups in total. The number of sulfonamides is 1. The van der Waals surface area contributed by atoms with Crippen molar-refractivity contribution >= 4 is 44.8 Å². The van der Waals surface area contributed by atoms with E-state index < -0.39 is 15.9 Å². The van der Waals surface area contributed by atoms with Crippen molar-refractivity contribution in [1.82, 2.24) is 4.31 Å². The summed E-state index contributed by atoms with van der Waals surface area (Å²) in [4.78, 5) is 12.7. The van der Waals surface area contributed by atoms with Crippen molar-refractivity contribution in [3.63, 3.8) is 0 Å². The number of hydrogen-bond acceptors (Lipinski definition) is 4. The minimum Gasteiger partial charge on any atom is -0.492 e. The molecular weight excluding hydrogens is 423 g/mol. The molecule has 0 fully saturated rings. The summed E-state index contributed by atoms with van der Waals surface area (Å²) in [7, 11) is -3.68. The quantitative estimate of drug-likeness (QED) is 0.641. The molecule has 152 valence electrons. The van der Waals surface area contributed by atoms with E-state index in [2.05, 4.69) is 5.32 Å². The molecule has 0 radical (unpaired) electrons. The van der Waals surface area contributed by atoms with Crippen molar-refractivity contribution in [2.75, 3.05) is 25.0 Å². The number of carbonyl (C=O) groups is 1. The molecule has 0 atom stereocenters. The van der Waals surface area contributed by atoms with Gasteiger partial charge in [0.15, 0.2) is 0 Å². The van der Waals surface area contributed by atoms with Crippen molar-refractivity contribution in [3.05, 3.63) is 52.0 Å². The summed E-state index contributed by atoms with van der Waals surface area (Å²) in [6.07, 6.45) is 0. The Kier molecular flexibility index (Phi) is 7.71. The lowest BCUT2D eigenvalue weighted by molar-refractivity contribution is 0.102. The zero-order valence-electron chi connectivity index (χ0n) is 15.8. The highest BCUT2D eigenvalue weighted by atomic mass is 35.5. The summed E-state index contributed by atoms with van der Waals surface area (Å²) < 4.78 is 32.5. The van der Waals surface area contributed by atoms with Crippen LogP contribution in [-0.4, -0.2) is 38.3 Å². The van der Waals surface area contributed by atoms with E-state index >= 15 is 0 Å². The average Bonchev–Trinajstić information content (AvgIpc) is 2.66. The predicted molar refractivity (Wildman–Crippen MR) is 112 cm³/mol. The Balaban J connectivity index is 2.43. The first-order chi connectivity index (χ1) is 13.2. The number of benzene rings is 2. The van der Waals surface area contributed by atoms with Gasteiger partial charge in [-0.3, -0.25) is 4.79 Å². The first kappa shape index (κ1) is 22.5. The second kappa shape index (κ2) is 9.60. The van der Waals surface area contributed by atoms with Crippen LogP contribution in [0.1, 0.15) is 31.1 Å². The Morgan fingerprint density at radius 1 is 1.04 bits per heavy atom. The molecule has 1 amide bonds. The van der Waals surface area contributed by atoms with Crippen molar-refractivity contribution < 1.29 is 17.9 Å². The Bertz CT molecular complexity index is 960. The maximum Gasteiger partial charge on any atom is 0.255 e. The zero-order chi connectivity index (χ0) is 20.9. The SMILES string of the molecule is CCOc1ccc(S(=O)(=O)N(CC)CC)cc1NC(=O)c1ccc(Cl)c(Cl)c1. The highest BCUT2D eigenvalue weighted by Crippen LogP contribution is 2.30. The Hall–Kier alpha value is -1.80. The van der Waals surface area contributed by atoms with Gasteiger partial charge in [0.1, 0.15) is 5.75 Å². The van der Waals surface area contributed by atoms with Gasteiger partial charge in [-0.05, 0) is 43.3 Å². The van der Waals surface area contributed by atoms with Crippen molar-refractivity contribution in [2.45, 2.75) is 25.7 Å². The van der Waals surface area contributed by atoms with Gasteiger partial charge in [0, 0.05) is 18.7 Å². The number of nitrogens with one attached hydrogen (secondary N) is 1. The van der Waals surface area contributed by atoms with Crippen LogP contribution in [0.4, 0.5) is 5.69 Å². The van der Waals surface area contributed by atoms with Crippen LogP contribution in [0.25, 0.3) is 0 Å². The fourth-order valence-electron chi connectivity index (χ4n) is 2.59. The molecule has 2 aromatic carbocycles. The van der Waals surface area contributed by atoms with E-state index in [1.807, 2.05) is 0 Å². The molecule has 0 aliphatic rings. The van der Waals surface area contributed by atoms with Crippen LogP contribution in [0, 0.1) is 0 Å². The summed E-state index contributed by atoms with van der Waals surface area (Å²) in [5, 5.41) is 3.28. The monoisotopic (exact) mass is 444 g/mol. The maximum atomic E-state index is 12.8. The molecule has 28 heavy (non-hydrogen) atoms. The smallest absolute Gasteiger partial charge is 0.255 e. The molecule has 2 rings (SSSR count). The third kappa shape index (κ3) is 4.97. The van der Waals surface area contributed by atoms with Gasteiger partial charge in [-0.25, -0.2) is 8.42 Å². The molecule has 0 aliphatic carbocycles. The van der Waals surface area contributed by atoms with Gasteiger partial charge in [0.05, 0.1) is 27.2 Å². The van der Waals surface area contributed by atoms with Crippen molar-refractivity contribution in [2.24, 2.45) is 0 Å². The number of amides is 1. The van der Waals surface area contributed by atoms with E-state index in [0.717, 1.165) is 0 Å². The third-order valence-electron chi connectivity index (χ3n) is 4.02. The highest BCUT2D eigenvalue weighted by Gasteiger charge is 2.23. The number of rotatable bonds is 8. The van der Waals surface area contributed by atoms with Gasteiger partial charge in [-0.15, -0.1) is 0 Å². The largest absolute Gasteiger partial charge is 0.492 e. The van der Waals surface area contributed by atoms with Crippen LogP contribution in [0.15, 0.2) is 41.3 Å². The maximum absolute atomic E-state index is 12.8. The lowest BCUT2D eigenvalue weighted by atomic mass is 10.2. The Morgan fingerprint density at radius 2 is 1.71 bits per heavy atom. The first-order valence-corrected chi connectivity index (χ1v) is 11.0. The van der Waals surface area contributed by atoms with Gasteiger partial charge in [-0.1, -0.05) is 37.0 Å².